The summed E-state index contributed by atoms with van der Waals surface area (Å²) in [6.45, 7) is 0. The Kier molecular flexibility index (Phi) is 5.25. The predicted octanol–water partition coefficient (Wildman–Crippen LogP) is 3.64. The fraction of sp³-hybridized carbons (Fsp3) is 0.0667. The maximum absolute atomic E-state index is 11.8. The summed E-state index contributed by atoms with van der Waals surface area (Å²) in [5, 5.41) is 5.62. The molecule has 0 fully saturated rings. The summed E-state index contributed by atoms with van der Waals surface area (Å²) in [6, 6.07) is 13.8. The number of benzene rings is 2. The number of hydrogen-bond donors (Lipinski definition) is 2. The Labute approximate surface area is 131 Å². The highest BCUT2D eigenvalue weighted by Gasteiger charge is 2.14. The highest BCUT2D eigenvalue weighted by Crippen LogP contribution is 2.19. The van der Waals surface area contributed by atoms with Gasteiger partial charge in [0.05, 0.1) is 0 Å². The van der Waals surface area contributed by atoms with Gasteiger partial charge >= 0.3 is 11.8 Å². The van der Waals surface area contributed by atoms with Crippen LogP contribution < -0.4 is 10.6 Å². The normalized spacial score (nSPS) is 10.0. The lowest BCUT2D eigenvalue weighted by molar-refractivity contribution is -0.132. The van der Waals surface area contributed by atoms with Crippen molar-refractivity contribution in [2.45, 2.75) is 4.90 Å². The lowest BCUT2D eigenvalue weighted by Gasteiger charge is -2.07. The Hall–Kier alpha value is -1.98. The second-order valence-corrected chi connectivity index (χ2v) is 5.46. The molecule has 2 N–H and O–H groups in total. The van der Waals surface area contributed by atoms with Gasteiger partial charge in [-0.2, -0.15) is 0 Å². The van der Waals surface area contributed by atoms with E-state index in [1.807, 2.05) is 18.4 Å². The molecule has 0 aliphatic carbocycles. The SMILES string of the molecule is CSc1cccc(NC(=O)C(=O)Nc2ccc(Cl)cc2)c1. The van der Waals surface area contributed by atoms with Gasteiger partial charge in [0.15, 0.2) is 0 Å². The quantitative estimate of drug-likeness (QED) is 0.670. The van der Waals surface area contributed by atoms with E-state index < -0.39 is 11.8 Å². The number of rotatable bonds is 3. The van der Waals surface area contributed by atoms with Gasteiger partial charge in [-0.1, -0.05) is 17.7 Å². The van der Waals surface area contributed by atoms with E-state index in [2.05, 4.69) is 10.6 Å². The van der Waals surface area contributed by atoms with Crippen molar-refractivity contribution in [3.63, 3.8) is 0 Å². The average Bonchev–Trinajstić information content (AvgIpc) is 2.49. The molecule has 2 amide bonds. The molecule has 0 saturated heterocycles. The predicted molar refractivity (Wildman–Crippen MR) is 86.9 cm³/mol. The van der Waals surface area contributed by atoms with Gasteiger partial charge in [-0.3, -0.25) is 9.59 Å². The monoisotopic (exact) mass is 320 g/mol. The van der Waals surface area contributed by atoms with Gasteiger partial charge < -0.3 is 10.6 Å². The van der Waals surface area contributed by atoms with Crippen molar-refractivity contribution < 1.29 is 9.59 Å². The minimum Gasteiger partial charge on any atom is -0.318 e. The number of nitrogens with one attached hydrogen (secondary N) is 2. The van der Waals surface area contributed by atoms with Crippen LogP contribution in [0, 0.1) is 0 Å². The van der Waals surface area contributed by atoms with Gasteiger partial charge in [-0.25, -0.2) is 0 Å². The summed E-state index contributed by atoms with van der Waals surface area (Å²) in [5.41, 5.74) is 1.09. The first-order chi connectivity index (χ1) is 10.1. The van der Waals surface area contributed by atoms with Crippen molar-refractivity contribution in [2.24, 2.45) is 0 Å². The van der Waals surface area contributed by atoms with Gasteiger partial charge in [0, 0.05) is 21.3 Å². The van der Waals surface area contributed by atoms with Crippen molar-refractivity contribution in [3.8, 4) is 0 Å². The van der Waals surface area contributed by atoms with Crippen LogP contribution in [-0.2, 0) is 9.59 Å². The second-order valence-electron chi connectivity index (χ2n) is 4.15. The molecule has 0 radical (unpaired) electrons. The standard InChI is InChI=1S/C15H13ClN2O2S/c1-21-13-4-2-3-12(9-13)18-15(20)14(19)17-11-7-5-10(16)6-8-11/h2-9H,1H3,(H,17,19)(H,18,20). The Bertz CT molecular complexity index is 659. The zero-order valence-corrected chi connectivity index (χ0v) is 12.8. The van der Waals surface area contributed by atoms with Crippen LogP contribution in [0.2, 0.25) is 5.02 Å². The molecule has 2 aromatic carbocycles. The first kappa shape index (κ1) is 15.4. The molecule has 0 aliphatic heterocycles. The molecule has 21 heavy (non-hydrogen) atoms. The van der Waals surface area contributed by atoms with Crippen molar-refractivity contribution >= 4 is 46.6 Å². The zero-order valence-electron chi connectivity index (χ0n) is 11.2. The largest absolute Gasteiger partial charge is 0.318 e. The molecule has 0 bridgehead atoms. The average molecular weight is 321 g/mol. The van der Waals surface area contributed by atoms with E-state index in [0.717, 1.165) is 4.90 Å². The molecular weight excluding hydrogens is 308 g/mol. The number of thioether (sulfide) groups is 1. The van der Waals surface area contributed by atoms with Crippen LogP contribution >= 0.6 is 23.4 Å². The molecule has 4 nitrogen and oxygen atoms in total. The molecule has 0 spiro atoms. The summed E-state index contributed by atoms with van der Waals surface area (Å²) in [4.78, 5) is 24.6. The Morgan fingerprint density at radius 1 is 0.952 bits per heavy atom. The third kappa shape index (κ3) is 4.51. The lowest BCUT2D eigenvalue weighted by Crippen LogP contribution is -2.29. The van der Waals surface area contributed by atoms with E-state index >= 15 is 0 Å². The molecule has 2 aromatic rings. The minimum atomic E-state index is -0.730. The molecule has 0 saturated carbocycles. The number of anilines is 2. The van der Waals surface area contributed by atoms with E-state index in [-0.39, 0.29) is 0 Å². The molecule has 6 heteroatoms. The molecule has 2 rings (SSSR count). The fourth-order valence-corrected chi connectivity index (χ4v) is 2.20. The molecular formula is C15H13ClN2O2S. The molecule has 0 unspecified atom stereocenters. The summed E-state index contributed by atoms with van der Waals surface area (Å²) in [7, 11) is 0. The molecule has 0 aromatic heterocycles. The number of carbonyl (C=O) groups is 2. The van der Waals surface area contributed by atoms with Crippen molar-refractivity contribution in [2.75, 3.05) is 16.9 Å². The van der Waals surface area contributed by atoms with Crippen LogP contribution in [0.3, 0.4) is 0 Å². The van der Waals surface area contributed by atoms with E-state index in [1.165, 1.54) is 0 Å². The minimum absolute atomic E-state index is 0.511. The van der Waals surface area contributed by atoms with Crippen molar-refractivity contribution in [1.82, 2.24) is 0 Å². The maximum atomic E-state index is 11.8. The first-order valence-corrected chi connectivity index (χ1v) is 7.71. The number of amides is 2. The van der Waals surface area contributed by atoms with Crippen molar-refractivity contribution in [1.29, 1.82) is 0 Å². The summed E-state index contributed by atoms with van der Waals surface area (Å²) in [5.74, 6) is -1.45. The first-order valence-electron chi connectivity index (χ1n) is 6.10. The summed E-state index contributed by atoms with van der Waals surface area (Å²) >= 11 is 7.31. The third-order valence-corrected chi connectivity index (χ3v) is 3.61. The molecule has 0 atom stereocenters. The van der Waals surface area contributed by atoms with E-state index in [9.17, 15) is 9.59 Å². The number of halogens is 1. The van der Waals surface area contributed by atoms with Gasteiger partial charge in [0.1, 0.15) is 0 Å². The Morgan fingerprint density at radius 2 is 1.57 bits per heavy atom. The number of hydrogen-bond acceptors (Lipinski definition) is 3. The van der Waals surface area contributed by atoms with Gasteiger partial charge in [0.2, 0.25) is 0 Å². The second kappa shape index (κ2) is 7.15. The lowest BCUT2D eigenvalue weighted by atomic mass is 10.3. The van der Waals surface area contributed by atoms with Crippen molar-refractivity contribution in [3.05, 3.63) is 53.6 Å². The fourth-order valence-electron chi connectivity index (χ4n) is 1.61. The Morgan fingerprint density at radius 3 is 2.19 bits per heavy atom. The smallest absolute Gasteiger partial charge is 0.314 e. The summed E-state index contributed by atoms with van der Waals surface area (Å²) in [6.07, 6.45) is 1.94. The van der Waals surface area contributed by atoms with Gasteiger partial charge in [-0.15, -0.1) is 11.8 Å². The van der Waals surface area contributed by atoms with Crippen LogP contribution in [-0.4, -0.2) is 18.1 Å². The van der Waals surface area contributed by atoms with E-state index in [1.54, 1.807) is 48.2 Å². The highest BCUT2D eigenvalue weighted by molar-refractivity contribution is 7.98. The molecule has 0 aliphatic rings. The van der Waals surface area contributed by atoms with E-state index in [0.29, 0.717) is 16.4 Å². The summed E-state index contributed by atoms with van der Waals surface area (Å²) < 4.78 is 0. The van der Waals surface area contributed by atoms with Crippen LogP contribution in [0.4, 0.5) is 11.4 Å². The number of carbonyl (C=O) groups excluding carboxylic acids is 2. The van der Waals surface area contributed by atoms with Crippen LogP contribution in [0.1, 0.15) is 0 Å². The maximum Gasteiger partial charge on any atom is 0.314 e. The van der Waals surface area contributed by atoms with Gasteiger partial charge in [-0.05, 0) is 48.7 Å². The van der Waals surface area contributed by atoms with Crippen LogP contribution in [0.25, 0.3) is 0 Å². The highest BCUT2D eigenvalue weighted by atomic mass is 35.5. The van der Waals surface area contributed by atoms with Crippen LogP contribution in [0.5, 0.6) is 0 Å². The third-order valence-electron chi connectivity index (χ3n) is 2.64. The van der Waals surface area contributed by atoms with Gasteiger partial charge in [0.25, 0.3) is 0 Å². The topological polar surface area (TPSA) is 58.2 Å². The zero-order chi connectivity index (χ0) is 15.2. The Balaban J connectivity index is 1.99. The van der Waals surface area contributed by atoms with E-state index in [4.69, 9.17) is 11.6 Å². The van der Waals surface area contributed by atoms with Crippen LogP contribution in [0.15, 0.2) is 53.4 Å². The molecule has 0 heterocycles. The molecule has 108 valence electrons.